The van der Waals surface area contributed by atoms with Gasteiger partial charge in [0.1, 0.15) is 0 Å². The minimum absolute atomic E-state index is 1.34. The average Bonchev–Trinajstić information content (AvgIpc) is 2.47. The van der Waals surface area contributed by atoms with Gasteiger partial charge in [-0.3, -0.25) is 0 Å². The molecular weight excluding hydrogens is 188 g/mol. The van der Waals surface area contributed by atoms with Crippen molar-refractivity contribution >= 4 is 21.4 Å². The summed E-state index contributed by atoms with van der Waals surface area (Å²) in [6.07, 6.45) is 6.00. The molecule has 74 valence electrons. The van der Waals surface area contributed by atoms with Crippen molar-refractivity contribution in [3.05, 3.63) is 35.2 Å². The van der Waals surface area contributed by atoms with E-state index in [0.717, 1.165) is 0 Å². The molecule has 2 aromatic rings. The third-order valence-electron chi connectivity index (χ3n) is 2.61. The molecule has 0 N–H and O–H groups in total. The van der Waals surface area contributed by atoms with Crippen LogP contribution in [0.25, 0.3) is 10.1 Å². The van der Waals surface area contributed by atoms with Crippen LogP contribution >= 0.6 is 11.3 Å². The monoisotopic (exact) mass is 204 g/mol. The van der Waals surface area contributed by atoms with Crippen molar-refractivity contribution in [2.75, 3.05) is 0 Å². The third kappa shape index (κ3) is 2.36. The first-order chi connectivity index (χ1) is 6.86. The Hall–Kier alpha value is -0.820. The van der Waals surface area contributed by atoms with Crippen LogP contribution in [-0.2, 0) is 0 Å². The predicted octanol–water partition coefficient (Wildman–Crippen LogP) is 4.77. The van der Waals surface area contributed by atoms with E-state index in [2.05, 4.69) is 36.6 Å². The van der Waals surface area contributed by atoms with Gasteiger partial charge in [0.05, 0.1) is 0 Å². The third-order valence-corrected chi connectivity index (χ3v) is 3.49. The molecule has 1 aliphatic carbocycles. The van der Waals surface area contributed by atoms with Gasteiger partial charge in [-0.25, -0.2) is 0 Å². The molecule has 1 heterocycles. The first-order valence-corrected chi connectivity index (χ1v) is 6.18. The summed E-state index contributed by atoms with van der Waals surface area (Å²) in [7, 11) is 0. The molecule has 14 heavy (non-hydrogen) atoms. The van der Waals surface area contributed by atoms with Crippen LogP contribution < -0.4 is 0 Å². The Labute approximate surface area is 89.6 Å². The highest BCUT2D eigenvalue weighted by molar-refractivity contribution is 7.17. The van der Waals surface area contributed by atoms with Crippen LogP contribution in [-0.4, -0.2) is 0 Å². The summed E-state index contributed by atoms with van der Waals surface area (Å²) in [5.41, 5.74) is 1.34. The fourth-order valence-corrected chi connectivity index (χ4v) is 2.20. The zero-order valence-corrected chi connectivity index (χ0v) is 9.44. The second-order valence-electron chi connectivity index (χ2n) is 3.88. The first-order valence-electron chi connectivity index (χ1n) is 5.30. The Morgan fingerprint density at radius 2 is 1.71 bits per heavy atom. The number of hydrogen-bond acceptors (Lipinski definition) is 1. The van der Waals surface area contributed by atoms with Gasteiger partial charge in [0.15, 0.2) is 0 Å². The maximum absolute atomic E-state index is 2.22. The summed E-state index contributed by atoms with van der Waals surface area (Å²) in [6.45, 7) is 2.12. The summed E-state index contributed by atoms with van der Waals surface area (Å²) in [4.78, 5) is 0. The van der Waals surface area contributed by atoms with Gasteiger partial charge in [0, 0.05) is 4.70 Å². The molecule has 0 nitrogen and oxygen atoms in total. The lowest BCUT2D eigenvalue weighted by molar-refractivity contribution is 0.504. The number of benzene rings is 1. The Kier molecular flexibility index (Phi) is 3.20. The van der Waals surface area contributed by atoms with Crippen LogP contribution in [0.15, 0.2) is 29.6 Å². The maximum atomic E-state index is 2.22. The minimum Gasteiger partial charge on any atom is -0.144 e. The molecule has 1 heteroatoms. The van der Waals surface area contributed by atoms with Crippen LogP contribution in [0.3, 0.4) is 0 Å². The van der Waals surface area contributed by atoms with E-state index in [1.165, 1.54) is 41.3 Å². The van der Waals surface area contributed by atoms with E-state index >= 15 is 0 Å². The van der Waals surface area contributed by atoms with Crippen molar-refractivity contribution in [2.24, 2.45) is 0 Å². The molecule has 1 aromatic carbocycles. The molecule has 1 saturated carbocycles. The minimum atomic E-state index is 1.34. The van der Waals surface area contributed by atoms with Crippen LogP contribution in [0.2, 0.25) is 0 Å². The van der Waals surface area contributed by atoms with Gasteiger partial charge in [-0.05, 0) is 35.4 Å². The molecule has 0 aliphatic heterocycles. The van der Waals surface area contributed by atoms with Crippen molar-refractivity contribution in [3.8, 4) is 0 Å². The second-order valence-corrected chi connectivity index (χ2v) is 4.82. The number of hydrogen-bond donors (Lipinski definition) is 0. The van der Waals surface area contributed by atoms with Crippen molar-refractivity contribution in [3.63, 3.8) is 0 Å². The molecule has 1 aromatic heterocycles. The largest absolute Gasteiger partial charge is 0.144 e. The highest BCUT2D eigenvalue weighted by Gasteiger charge is 1.95. The smallest absolute Gasteiger partial charge is 0.0345 e. The Morgan fingerprint density at radius 1 is 1.00 bits per heavy atom. The van der Waals surface area contributed by atoms with E-state index in [-0.39, 0.29) is 0 Å². The fraction of sp³-hybridized carbons (Fsp3) is 0.385. The van der Waals surface area contributed by atoms with Gasteiger partial charge < -0.3 is 0 Å². The topological polar surface area (TPSA) is 0 Å². The summed E-state index contributed by atoms with van der Waals surface area (Å²) >= 11 is 1.80. The summed E-state index contributed by atoms with van der Waals surface area (Å²) in [5, 5.41) is 3.49. The van der Waals surface area contributed by atoms with Crippen molar-refractivity contribution in [1.82, 2.24) is 0 Å². The van der Waals surface area contributed by atoms with Crippen LogP contribution in [0, 0.1) is 6.92 Å². The van der Waals surface area contributed by atoms with Crippen molar-refractivity contribution in [1.29, 1.82) is 0 Å². The molecule has 0 spiro atoms. The summed E-state index contributed by atoms with van der Waals surface area (Å²) in [6, 6.07) is 8.69. The molecule has 3 rings (SSSR count). The lowest BCUT2D eigenvalue weighted by Crippen LogP contribution is -1.85. The van der Waals surface area contributed by atoms with Crippen LogP contribution in [0.1, 0.15) is 31.2 Å². The van der Waals surface area contributed by atoms with E-state index < -0.39 is 0 Å². The van der Waals surface area contributed by atoms with E-state index in [1.54, 1.807) is 11.3 Å². The van der Waals surface area contributed by atoms with Crippen molar-refractivity contribution in [2.45, 2.75) is 32.6 Å². The van der Waals surface area contributed by atoms with Gasteiger partial charge in [0.2, 0.25) is 0 Å². The van der Waals surface area contributed by atoms with Gasteiger partial charge >= 0.3 is 0 Å². The predicted molar refractivity (Wildman–Crippen MR) is 65.0 cm³/mol. The van der Waals surface area contributed by atoms with Gasteiger partial charge in [0.25, 0.3) is 0 Å². The van der Waals surface area contributed by atoms with Crippen molar-refractivity contribution < 1.29 is 0 Å². The Balaban J connectivity index is 0.000000157. The maximum Gasteiger partial charge on any atom is 0.0345 e. The van der Waals surface area contributed by atoms with Gasteiger partial charge in [-0.2, -0.15) is 0 Å². The zero-order chi connectivity index (χ0) is 9.80. The van der Waals surface area contributed by atoms with E-state index in [1.807, 2.05) is 0 Å². The normalized spacial score (nSPS) is 14.4. The quantitative estimate of drug-likeness (QED) is 0.580. The van der Waals surface area contributed by atoms with E-state index in [0.29, 0.717) is 0 Å². The van der Waals surface area contributed by atoms with Crippen LogP contribution in [0.4, 0.5) is 0 Å². The zero-order valence-electron chi connectivity index (χ0n) is 8.62. The Morgan fingerprint density at radius 3 is 2.36 bits per heavy atom. The number of aryl methyl sites for hydroxylation is 1. The molecule has 1 aliphatic rings. The first kappa shape index (κ1) is 9.72. The molecule has 0 unspecified atom stereocenters. The van der Waals surface area contributed by atoms with Crippen LogP contribution in [0.5, 0.6) is 0 Å². The summed E-state index contributed by atoms with van der Waals surface area (Å²) < 4.78 is 1.39. The number of rotatable bonds is 0. The van der Waals surface area contributed by atoms with E-state index in [4.69, 9.17) is 0 Å². The molecular formula is C13H16S. The lowest BCUT2D eigenvalue weighted by atomic mass is 10.0. The molecule has 0 bridgehead atoms. The number of fused-ring (bicyclic) bond motifs is 1. The SMILES string of the molecule is C1CCC1.Cc1ccc2ccsc2c1. The highest BCUT2D eigenvalue weighted by Crippen LogP contribution is 2.21. The standard InChI is InChI=1S/C9H8S.C4H8/c1-7-2-3-8-4-5-10-9(8)6-7;1-2-4-3-1/h2-6H,1H3;1-4H2. The highest BCUT2D eigenvalue weighted by atomic mass is 32.1. The molecule has 0 atom stereocenters. The molecule has 1 fully saturated rings. The van der Waals surface area contributed by atoms with Gasteiger partial charge in [-0.1, -0.05) is 37.8 Å². The second kappa shape index (κ2) is 4.61. The number of thiophene rings is 1. The molecule has 0 radical (unpaired) electrons. The molecule has 0 amide bonds. The Bertz CT molecular complexity index is 392. The average molecular weight is 204 g/mol. The summed E-state index contributed by atoms with van der Waals surface area (Å²) in [5.74, 6) is 0. The van der Waals surface area contributed by atoms with Gasteiger partial charge in [-0.15, -0.1) is 11.3 Å². The fourth-order valence-electron chi connectivity index (χ4n) is 1.31. The van der Waals surface area contributed by atoms with E-state index in [9.17, 15) is 0 Å². The lowest BCUT2D eigenvalue weighted by Gasteiger charge is -2.05. The molecule has 0 saturated heterocycles.